The number of unbranched alkanes of at least 4 members (excludes halogenated alkanes) is 10. The van der Waals surface area contributed by atoms with Crippen LogP contribution in [0.5, 0.6) is 5.75 Å². The Morgan fingerprint density at radius 3 is 1.95 bits per heavy atom. The maximum Gasteiger partial charge on any atom is 0.135 e. The van der Waals surface area contributed by atoms with E-state index in [1.165, 1.54) is 128 Å². The molecular weight excluding hydrogens is 520 g/mol. The standard InChI is InChI=1S/C37H48N2OS/c1-5-7-9-11-13-15-23-37(24-16-14-12-10-8-6-2)33-26-29(30-21-18-28(4)35-36(30)39-41-38-35)19-22-31(33)32-20-17-27(3)25-34(32)40-37/h17-22,25-26H,5-16,23-24H2,1-4H3. The first kappa shape index (κ1) is 29.8. The van der Waals surface area contributed by atoms with E-state index >= 15 is 0 Å². The fraction of sp³-hybridized carbons (Fsp3) is 0.514. The summed E-state index contributed by atoms with van der Waals surface area (Å²) in [7, 11) is 0. The van der Waals surface area contributed by atoms with Crippen molar-refractivity contribution >= 4 is 22.8 Å². The molecule has 0 radical (unpaired) electrons. The van der Waals surface area contributed by atoms with Crippen LogP contribution >= 0.6 is 11.7 Å². The number of aryl methyl sites for hydroxylation is 2. The van der Waals surface area contributed by atoms with Crippen LogP contribution in [-0.2, 0) is 5.60 Å². The lowest BCUT2D eigenvalue weighted by molar-refractivity contribution is 0.0385. The monoisotopic (exact) mass is 568 g/mol. The van der Waals surface area contributed by atoms with Gasteiger partial charge in [0.15, 0.2) is 0 Å². The first-order valence-corrected chi connectivity index (χ1v) is 17.0. The smallest absolute Gasteiger partial charge is 0.135 e. The summed E-state index contributed by atoms with van der Waals surface area (Å²) in [5.74, 6) is 1.06. The molecule has 0 saturated carbocycles. The number of hydrogen-bond donors (Lipinski definition) is 0. The highest BCUT2D eigenvalue weighted by molar-refractivity contribution is 7.00. The van der Waals surface area contributed by atoms with E-state index in [2.05, 4.69) is 80.6 Å². The number of nitrogens with zero attached hydrogens (tertiary/aromatic N) is 2. The van der Waals surface area contributed by atoms with Crippen molar-refractivity contribution in [2.45, 2.75) is 123 Å². The van der Waals surface area contributed by atoms with Gasteiger partial charge < -0.3 is 4.74 Å². The summed E-state index contributed by atoms with van der Waals surface area (Å²) in [6.07, 6.45) is 17.7. The van der Waals surface area contributed by atoms with E-state index < -0.39 is 0 Å². The lowest BCUT2D eigenvalue weighted by Gasteiger charge is -2.41. The Bertz CT molecular complexity index is 1420. The van der Waals surface area contributed by atoms with E-state index in [0.29, 0.717) is 0 Å². The molecule has 0 unspecified atom stereocenters. The Kier molecular flexibility index (Phi) is 10.1. The van der Waals surface area contributed by atoms with Crippen molar-refractivity contribution in [1.82, 2.24) is 8.75 Å². The second-order valence-corrected chi connectivity index (χ2v) is 12.8. The number of hydrogen-bond acceptors (Lipinski definition) is 4. The molecule has 1 aromatic heterocycles. The molecule has 0 bridgehead atoms. The summed E-state index contributed by atoms with van der Waals surface area (Å²) in [6.45, 7) is 8.89. The van der Waals surface area contributed by atoms with Crippen LogP contribution in [0.25, 0.3) is 33.3 Å². The number of rotatable bonds is 15. The zero-order chi connectivity index (χ0) is 28.7. The number of benzene rings is 3. The van der Waals surface area contributed by atoms with E-state index in [-0.39, 0.29) is 5.60 Å². The second kappa shape index (κ2) is 14.0. The van der Waals surface area contributed by atoms with Gasteiger partial charge in [0, 0.05) is 16.7 Å². The fourth-order valence-corrected chi connectivity index (χ4v) is 7.25. The second-order valence-electron chi connectivity index (χ2n) is 12.3. The highest BCUT2D eigenvalue weighted by Gasteiger charge is 2.40. The van der Waals surface area contributed by atoms with E-state index in [4.69, 9.17) is 9.11 Å². The topological polar surface area (TPSA) is 35.0 Å². The predicted molar refractivity (Wildman–Crippen MR) is 176 cm³/mol. The normalized spacial score (nSPS) is 13.7. The Morgan fingerprint density at radius 2 is 1.24 bits per heavy atom. The van der Waals surface area contributed by atoms with Crippen LogP contribution in [0.2, 0.25) is 0 Å². The molecule has 5 rings (SSSR count). The molecular formula is C37H48N2OS. The van der Waals surface area contributed by atoms with E-state index in [9.17, 15) is 0 Å². The lowest BCUT2D eigenvalue weighted by atomic mass is 9.76. The van der Waals surface area contributed by atoms with Crippen LogP contribution < -0.4 is 4.74 Å². The Hall–Kier alpha value is -2.72. The minimum atomic E-state index is -0.300. The maximum absolute atomic E-state index is 7.24. The third-order valence-electron chi connectivity index (χ3n) is 9.04. The zero-order valence-electron chi connectivity index (χ0n) is 25.7. The van der Waals surface area contributed by atoms with Crippen molar-refractivity contribution in [3.8, 4) is 28.0 Å². The molecule has 0 saturated heterocycles. The minimum absolute atomic E-state index is 0.300. The van der Waals surface area contributed by atoms with Gasteiger partial charge in [-0.25, -0.2) is 0 Å². The van der Waals surface area contributed by atoms with Crippen LogP contribution in [-0.4, -0.2) is 8.75 Å². The van der Waals surface area contributed by atoms with Crippen molar-refractivity contribution in [2.75, 3.05) is 0 Å². The third-order valence-corrected chi connectivity index (χ3v) is 9.57. The van der Waals surface area contributed by atoms with Gasteiger partial charge in [0.25, 0.3) is 0 Å². The summed E-state index contributed by atoms with van der Waals surface area (Å²) < 4.78 is 16.6. The molecule has 218 valence electrons. The summed E-state index contributed by atoms with van der Waals surface area (Å²) in [5.41, 5.74) is 10.5. The van der Waals surface area contributed by atoms with Crippen LogP contribution in [0, 0.1) is 13.8 Å². The average Bonchev–Trinajstić information content (AvgIpc) is 3.48. The van der Waals surface area contributed by atoms with Crippen molar-refractivity contribution in [3.63, 3.8) is 0 Å². The molecule has 4 heteroatoms. The molecule has 0 amide bonds. The van der Waals surface area contributed by atoms with Crippen LogP contribution in [0.4, 0.5) is 0 Å². The predicted octanol–water partition coefficient (Wildman–Crippen LogP) is 11.7. The lowest BCUT2D eigenvalue weighted by Crippen LogP contribution is -2.36. The minimum Gasteiger partial charge on any atom is -0.482 e. The van der Waals surface area contributed by atoms with Gasteiger partial charge in [-0.1, -0.05) is 114 Å². The maximum atomic E-state index is 7.24. The summed E-state index contributed by atoms with van der Waals surface area (Å²) in [5, 5.41) is 0. The summed E-state index contributed by atoms with van der Waals surface area (Å²) in [6, 6.07) is 18.2. The van der Waals surface area contributed by atoms with Gasteiger partial charge >= 0.3 is 0 Å². The Labute approximate surface area is 252 Å². The van der Waals surface area contributed by atoms with Gasteiger partial charge in [-0.3, -0.25) is 0 Å². The summed E-state index contributed by atoms with van der Waals surface area (Å²) in [4.78, 5) is 0. The van der Waals surface area contributed by atoms with Crippen LogP contribution in [0.15, 0.2) is 48.5 Å². The van der Waals surface area contributed by atoms with Crippen molar-refractivity contribution in [3.05, 3.63) is 65.2 Å². The number of aromatic nitrogens is 2. The first-order valence-electron chi connectivity index (χ1n) is 16.2. The number of fused-ring (bicyclic) bond motifs is 4. The Morgan fingerprint density at radius 1 is 0.634 bits per heavy atom. The first-order chi connectivity index (χ1) is 20.1. The molecule has 41 heavy (non-hydrogen) atoms. The molecule has 1 aliphatic heterocycles. The number of ether oxygens (including phenoxy) is 1. The van der Waals surface area contributed by atoms with Crippen LogP contribution in [0.3, 0.4) is 0 Å². The molecule has 2 heterocycles. The van der Waals surface area contributed by atoms with Crippen molar-refractivity contribution in [2.24, 2.45) is 0 Å². The van der Waals surface area contributed by atoms with E-state index in [0.717, 1.165) is 29.6 Å². The summed E-state index contributed by atoms with van der Waals surface area (Å²) >= 11 is 1.31. The molecule has 3 nitrogen and oxygen atoms in total. The molecule has 1 aliphatic rings. The largest absolute Gasteiger partial charge is 0.482 e. The fourth-order valence-electron chi connectivity index (χ4n) is 6.63. The van der Waals surface area contributed by atoms with Crippen molar-refractivity contribution < 1.29 is 4.74 Å². The quantitative estimate of drug-likeness (QED) is 0.134. The van der Waals surface area contributed by atoms with Gasteiger partial charge in [-0.15, -0.1) is 0 Å². The highest BCUT2D eigenvalue weighted by Crippen LogP contribution is 2.51. The zero-order valence-corrected chi connectivity index (χ0v) is 26.5. The van der Waals surface area contributed by atoms with Gasteiger partial charge in [-0.2, -0.15) is 8.75 Å². The van der Waals surface area contributed by atoms with Gasteiger partial charge in [0.1, 0.15) is 22.4 Å². The van der Waals surface area contributed by atoms with Crippen LogP contribution in [0.1, 0.15) is 120 Å². The molecule has 0 N–H and O–H groups in total. The molecule has 0 fully saturated rings. The SMILES string of the molecule is CCCCCCCCC1(CCCCCCCC)Oc2cc(C)ccc2-c2ccc(-c3ccc(C)c4nsnc34)cc21. The molecule has 3 aromatic carbocycles. The molecule has 4 aromatic rings. The van der Waals surface area contributed by atoms with E-state index in [1.54, 1.807) is 0 Å². The molecule has 0 atom stereocenters. The third kappa shape index (κ3) is 6.69. The Balaban J connectivity index is 1.54. The molecule has 0 spiro atoms. The highest BCUT2D eigenvalue weighted by atomic mass is 32.1. The van der Waals surface area contributed by atoms with Crippen molar-refractivity contribution in [1.29, 1.82) is 0 Å². The average molecular weight is 569 g/mol. The van der Waals surface area contributed by atoms with Gasteiger partial charge in [0.2, 0.25) is 0 Å². The van der Waals surface area contributed by atoms with Gasteiger partial charge in [0.05, 0.1) is 11.7 Å². The van der Waals surface area contributed by atoms with Gasteiger partial charge in [-0.05, 0) is 73.9 Å². The van der Waals surface area contributed by atoms with E-state index in [1.807, 2.05) is 0 Å². The molecule has 0 aliphatic carbocycles.